The third-order valence-corrected chi connectivity index (χ3v) is 15.6. The van der Waals surface area contributed by atoms with E-state index in [0.29, 0.717) is 48.3 Å². The Morgan fingerprint density at radius 1 is 0.605 bits per heavy atom. The summed E-state index contributed by atoms with van der Waals surface area (Å²) in [4.78, 5) is 47.2. The van der Waals surface area contributed by atoms with Gasteiger partial charge in [-0.15, -0.1) is 0 Å². The Bertz CT molecular complexity index is 3470. The Balaban J connectivity index is 0.000000130. The number of nitriles is 2. The van der Waals surface area contributed by atoms with Crippen LogP contribution in [0, 0.1) is 40.4 Å². The number of aromatic amines is 3. The second-order valence-electron chi connectivity index (χ2n) is 20.2. The molecule has 1 amide bonds. The Labute approximate surface area is 440 Å². The van der Waals surface area contributed by atoms with E-state index in [-0.39, 0.29) is 18.0 Å². The van der Waals surface area contributed by atoms with Crippen LogP contribution in [0.15, 0.2) is 74.4 Å². The van der Waals surface area contributed by atoms with Gasteiger partial charge < -0.3 is 31.3 Å². The van der Waals surface area contributed by atoms with Gasteiger partial charge in [-0.05, 0) is 87.8 Å². The lowest BCUT2D eigenvalue weighted by Crippen LogP contribution is -2.18. The van der Waals surface area contributed by atoms with E-state index in [2.05, 4.69) is 86.6 Å². The van der Waals surface area contributed by atoms with E-state index in [1.54, 1.807) is 6.33 Å². The number of carbonyl (C=O) groups excluding carboxylic acids is 1. The fourth-order valence-corrected chi connectivity index (χ4v) is 11.9. The normalized spacial score (nSPS) is 16.2. The summed E-state index contributed by atoms with van der Waals surface area (Å²) >= 11 is 0. The van der Waals surface area contributed by atoms with E-state index in [4.69, 9.17) is 15.9 Å². The molecule has 9 aromatic rings. The molecule has 3 aliphatic rings. The van der Waals surface area contributed by atoms with Crippen molar-refractivity contribution in [2.45, 2.75) is 135 Å². The van der Waals surface area contributed by atoms with Gasteiger partial charge in [0.25, 0.3) is 0 Å². The molecule has 9 heterocycles. The summed E-state index contributed by atoms with van der Waals surface area (Å²) in [7, 11) is 0. The maximum atomic E-state index is 11.7. The van der Waals surface area contributed by atoms with E-state index < -0.39 is 0 Å². The number of nitrogens with one attached hydrogen (secondary N) is 5. The minimum absolute atomic E-state index is 0.0807. The van der Waals surface area contributed by atoms with Gasteiger partial charge in [-0.2, -0.15) is 25.8 Å². The van der Waals surface area contributed by atoms with Crippen LogP contribution in [0.3, 0.4) is 0 Å². The van der Waals surface area contributed by atoms with Crippen LogP contribution in [0.4, 0.5) is 17.5 Å². The number of nitrogen functional groups attached to an aromatic ring is 1. The molecule has 21 heteroatoms. The molecule has 3 atom stereocenters. The molecule has 3 aliphatic carbocycles. The molecule has 7 N–H and O–H groups in total. The largest absolute Gasteiger partial charge is 0.382 e. The maximum absolute atomic E-state index is 11.7. The van der Waals surface area contributed by atoms with Crippen LogP contribution in [0.2, 0.25) is 0 Å². The summed E-state index contributed by atoms with van der Waals surface area (Å²) in [6, 6.07) is 11.1. The second-order valence-corrected chi connectivity index (χ2v) is 20.2. The highest BCUT2D eigenvalue weighted by atomic mass is 16.1. The quantitative estimate of drug-likeness (QED) is 0.0557. The summed E-state index contributed by atoms with van der Waals surface area (Å²) in [6.07, 6.45) is 32.9. The van der Waals surface area contributed by atoms with Gasteiger partial charge in [0.2, 0.25) is 5.91 Å². The van der Waals surface area contributed by atoms with Crippen molar-refractivity contribution in [1.29, 1.82) is 10.5 Å². The molecule has 21 nitrogen and oxygen atoms in total. The number of aromatic nitrogens is 15. The highest BCUT2D eigenvalue weighted by molar-refractivity contribution is 5.98. The van der Waals surface area contributed by atoms with Crippen molar-refractivity contribution in [3.8, 4) is 45.9 Å². The number of fused-ring (bicyclic) bond motifs is 3. The van der Waals surface area contributed by atoms with E-state index in [9.17, 15) is 15.3 Å². The van der Waals surface area contributed by atoms with Crippen molar-refractivity contribution < 1.29 is 4.79 Å². The molecule has 76 heavy (non-hydrogen) atoms. The lowest BCUT2D eigenvalue weighted by molar-refractivity contribution is -0.114. The molecule has 0 saturated heterocycles. The van der Waals surface area contributed by atoms with Crippen molar-refractivity contribution in [2.24, 2.45) is 17.8 Å². The van der Waals surface area contributed by atoms with Crippen molar-refractivity contribution in [3.63, 3.8) is 0 Å². The average Bonchev–Trinajstić information content (AvgIpc) is 4.26. The summed E-state index contributed by atoms with van der Waals surface area (Å²) < 4.78 is 5.91. The second kappa shape index (κ2) is 23.4. The molecular formula is C55H66N20O. The number of H-pyrrole nitrogens is 3. The van der Waals surface area contributed by atoms with Gasteiger partial charge in [0.15, 0.2) is 17.5 Å². The number of hydrogen-bond donors (Lipinski definition) is 6. The van der Waals surface area contributed by atoms with Gasteiger partial charge in [-0.3, -0.25) is 18.8 Å². The fraction of sp³-hybridized carbons (Fsp3) is 0.455. The minimum Gasteiger partial charge on any atom is -0.382 e. The smallest absolute Gasteiger partial charge is 0.222 e. The zero-order valence-corrected chi connectivity index (χ0v) is 43.5. The predicted octanol–water partition coefficient (Wildman–Crippen LogP) is 10.9. The van der Waals surface area contributed by atoms with Crippen LogP contribution in [0.25, 0.3) is 66.9 Å². The number of carbonyl (C=O) groups is 1. The summed E-state index contributed by atoms with van der Waals surface area (Å²) in [5.41, 5.74) is 13.6. The highest BCUT2D eigenvalue weighted by Gasteiger charge is 2.31. The molecule has 3 unspecified atom stereocenters. The molecule has 0 bridgehead atoms. The van der Waals surface area contributed by atoms with Crippen LogP contribution < -0.4 is 16.4 Å². The van der Waals surface area contributed by atoms with Gasteiger partial charge in [0.05, 0.1) is 76.9 Å². The number of nitrogens with zero attached hydrogens (tertiary/aromatic N) is 14. The number of hydrogen-bond acceptors (Lipinski definition) is 14. The van der Waals surface area contributed by atoms with Crippen LogP contribution >= 0.6 is 0 Å². The molecule has 12 rings (SSSR count). The molecular weight excluding hydrogens is 957 g/mol. The highest BCUT2D eigenvalue weighted by Crippen LogP contribution is 2.42. The molecule has 3 fully saturated rings. The fourth-order valence-electron chi connectivity index (χ4n) is 11.9. The zero-order chi connectivity index (χ0) is 52.5. The maximum Gasteiger partial charge on any atom is 0.222 e. The first kappa shape index (κ1) is 51.0. The minimum atomic E-state index is -0.134. The van der Waals surface area contributed by atoms with E-state index >= 15 is 0 Å². The Morgan fingerprint density at radius 2 is 1.00 bits per heavy atom. The van der Waals surface area contributed by atoms with Crippen LogP contribution in [0.1, 0.15) is 135 Å². The first-order valence-corrected chi connectivity index (χ1v) is 26.9. The third-order valence-electron chi connectivity index (χ3n) is 15.6. The molecule has 0 aromatic carbocycles. The van der Waals surface area contributed by atoms with Gasteiger partial charge >= 0.3 is 0 Å². The summed E-state index contributed by atoms with van der Waals surface area (Å²) in [5.74, 6) is 3.35. The van der Waals surface area contributed by atoms with Crippen molar-refractivity contribution in [2.75, 3.05) is 22.9 Å². The Kier molecular flexibility index (Phi) is 15.7. The number of rotatable bonds is 15. The van der Waals surface area contributed by atoms with E-state index in [0.717, 1.165) is 98.5 Å². The molecule has 0 radical (unpaired) electrons. The molecule has 3 saturated carbocycles. The van der Waals surface area contributed by atoms with Crippen molar-refractivity contribution in [1.82, 2.24) is 74.2 Å². The predicted molar refractivity (Wildman–Crippen MR) is 292 cm³/mol. The topological polar surface area (TPSA) is 293 Å². The third kappa shape index (κ3) is 10.7. The zero-order valence-electron chi connectivity index (χ0n) is 43.5. The monoisotopic (exact) mass is 1020 g/mol. The van der Waals surface area contributed by atoms with E-state index in [1.807, 2.05) is 69.4 Å². The van der Waals surface area contributed by atoms with Crippen LogP contribution in [-0.2, 0) is 4.79 Å². The number of amides is 1. The first-order chi connectivity index (χ1) is 37.3. The molecule has 392 valence electrons. The Hall–Kier alpha value is -8.46. The number of nitrogens with two attached hydrogens (primary N) is 1. The van der Waals surface area contributed by atoms with Crippen LogP contribution in [0.5, 0.6) is 0 Å². The first-order valence-electron chi connectivity index (χ1n) is 26.9. The number of anilines is 3. The van der Waals surface area contributed by atoms with Crippen molar-refractivity contribution in [3.05, 3.63) is 74.4 Å². The standard InChI is InChI=1S/C19H23N7.C19H24N6O.C17H19N7/c1-2-21-19-15(17-14-8-10-22-18(14)24-12-23-17)11-26(25-19)16(7-9-20)13-5-3-4-6-13;1-3-16(13-6-4-5-7-13)25-10-15(19(24-25)23-12(2)26)17-14-8-9-20-18(14)22-11-21-17;18-7-5-14(11-3-1-2-4-11)24-9-13(16(19)23-24)15-12-6-8-20-17(12)22-10-21-15/h8,10-13,16H,2-7H2,1H3,(H,21,25)(H,22,23,24);8-11,13,16H,3-7H2,1-2H3,(H,20,21,22)(H,23,24,26);6,8-11,14H,1-5H2,(H2,19,23)(H,20,21,22). The molecule has 0 aliphatic heterocycles. The molecule has 0 spiro atoms. The lowest BCUT2D eigenvalue weighted by Gasteiger charge is -2.22. The SMILES string of the molecule is CCC(C1CCCC1)n1cc(-c2ncnc3[nH]ccc23)c(NC(C)=O)n1.CCNc1nn(C(CC#N)C2CCCC2)cc1-c1ncnc2[nH]ccc12.N#CCC(C1CCCC1)n1cc(-c2ncnc3[nH]ccc23)c(N)n1. The van der Waals surface area contributed by atoms with Crippen molar-refractivity contribution >= 4 is 56.5 Å². The van der Waals surface area contributed by atoms with Gasteiger partial charge in [-0.1, -0.05) is 45.4 Å². The summed E-state index contributed by atoms with van der Waals surface area (Å²) in [6.45, 7) is 6.54. The van der Waals surface area contributed by atoms with Gasteiger partial charge in [0.1, 0.15) is 35.9 Å². The van der Waals surface area contributed by atoms with Crippen LogP contribution in [-0.4, -0.2) is 86.6 Å². The Morgan fingerprint density at radius 3 is 1.43 bits per heavy atom. The van der Waals surface area contributed by atoms with Gasteiger partial charge in [-0.25, -0.2) is 29.9 Å². The van der Waals surface area contributed by atoms with E-state index in [1.165, 1.54) is 83.8 Å². The average molecular weight is 1020 g/mol. The molecule has 9 aromatic heterocycles. The lowest BCUT2D eigenvalue weighted by atomic mass is 9.96. The summed E-state index contributed by atoms with van der Waals surface area (Å²) in [5, 5.41) is 41.7. The van der Waals surface area contributed by atoms with Gasteiger partial charge in [0, 0.05) is 66.8 Å².